The SMILES string of the molecule is COc1ccc(Cl)cc1NC(=S)NCc1cccc(C(F)(F)F)c1F. The Morgan fingerprint density at radius 3 is 2.60 bits per heavy atom. The molecule has 25 heavy (non-hydrogen) atoms. The minimum Gasteiger partial charge on any atom is -0.495 e. The van der Waals surface area contributed by atoms with E-state index in [1.807, 2.05) is 0 Å². The molecule has 0 heterocycles. The van der Waals surface area contributed by atoms with Crippen molar-refractivity contribution >= 4 is 34.6 Å². The molecule has 0 bridgehead atoms. The monoisotopic (exact) mass is 392 g/mol. The van der Waals surface area contributed by atoms with Gasteiger partial charge in [0.05, 0.1) is 18.4 Å². The topological polar surface area (TPSA) is 33.3 Å². The normalized spacial score (nSPS) is 11.1. The van der Waals surface area contributed by atoms with E-state index in [2.05, 4.69) is 10.6 Å². The van der Waals surface area contributed by atoms with Gasteiger partial charge in [-0.25, -0.2) is 4.39 Å². The van der Waals surface area contributed by atoms with Crippen LogP contribution in [0.5, 0.6) is 5.75 Å². The van der Waals surface area contributed by atoms with Crippen LogP contribution in [0.3, 0.4) is 0 Å². The van der Waals surface area contributed by atoms with Gasteiger partial charge in [-0.3, -0.25) is 0 Å². The van der Waals surface area contributed by atoms with Crippen molar-refractivity contribution < 1.29 is 22.3 Å². The van der Waals surface area contributed by atoms with Crippen molar-refractivity contribution in [3.8, 4) is 5.75 Å². The zero-order chi connectivity index (χ0) is 18.6. The molecule has 2 rings (SSSR count). The summed E-state index contributed by atoms with van der Waals surface area (Å²) < 4.78 is 57.2. The largest absolute Gasteiger partial charge is 0.495 e. The summed E-state index contributed by atoms with van der Waals surface area (Å²) in [5, 5.41) is 5.98. The first-order valence-corrected chi connectivity index (χ1v) is 7.74. The summed E-state index contributed by atoms with van der Waals surface area (Å²) in [6.45, 7) is -0.218. The molecule has 0 aliphatic heterocycles. The zero-order valence-electron chi connectivity index (χ0n) is 12.9. The third kappa shape index (κ3) is 4.96. The molecule has 0 radical (unpaired) electrons. The van der Waals surface area contributed by atoms with Crippen LogP contribution in [0.2, 0.25) is 5.02 Å². The maximum Gasteiger partial charge on any atom is 0.419 e. The van der Waals surface area contributed by atoms with E-state index >= 15 is 0 Å². The Kier molecular flexibility index (Phi) is 6.07. The molecule has 0 atom stereocenters. The molecule has 0 aromatic heterocycles. The van der Waals surface area contributed by atoms with Crippen molar-refractivity contribution in [3.63, 3.8) is 0 Å². The number of thiocarbonyl (C=S) groups is 1. The maximum absolute atomic E-state index is 14.0. The Balaban J connectivity index is 2.07. The molecule has 3 nitrogen and oxygen atoms in total. The van der Waals surface area contributed by atoms with Crippen LogP contribution < -0.4 is 15.4 Å². The molecule has 0 aliphatic rings. The van der Waals surface area contributed by atoms with E-state index in [1.54, 1.807) is 18.2 Å². The second-order valence-corrected chi connectivity index (χ2v) is 5.77. The predicted molar refractivity (Wildman–Crippen MR) is 92.5 cm³/mol. The number of rotatable bonds is 4. The van der Waals surface area contributed by atoms with Crippen molar-refractivity contribution in [2.45, 2.75) is 12.7 Å². The molecule has 0 aliphatic carbocycles. The number of methoxy groups -OCH3 is 1. The van der Waals surface area contributed by atoms with Crippen LogP contribution in [0.1, 0.15) is 11.1 Å². The van der Waals surface area contributed by atoms with E-state index < -0.39 is 17.6 Å². The van der Waals surface area contributed by atoms with Crippen LogP contribution in [0.25, 0.3) is 0 Å². The Bertz CT molecular complexity index is 783. The summed E-state index contributed by atoms with van der Waals surface area (Å²) in [6, 6.07) is 7.89. The Morgan fingerprint density at radius 1 is 1.24 bits per heavy atom. The minimum absolute atomic E-state index is 0.0809. The Morgan fingerprint density at radius 2 is 1.96 bits per heavy atom. The number of hydrogen-bond acceptors (Lipinski definition) is 2. The van der Waals surface area contributed by atoms with Gasteiger partial charge in [-0.1, -0.05) is 23.7 Å². The molecule has 2 N–H and O–H groups in total. The number of halogens is 5. The van der Waals surface area contributed by atoms with Crippen molar-refractivity contribution in [1.29, 1.82) is 0 Å². The number of nitrogens with one attached hydrogen (secondary N) is 2. The number of hydrogen-bond donors (Lipinski definition) is 2. The van der Waals surface area contributed by atoms with Gasteiger partial charge in [0.25, 0.3) is 0 Å². The molecular formula is C16H13ClF4N2OS. The van der Waals surface area contributed by atoms with Gasteiger partial charge in [0.15, 0.2) is 5.11 Å². The highest BCUT2D eigenvalue weighted by molar-refractivity contribution is 7.80. The standard InChI is InChI=1S/C16H13ClF4N2OS/c1-24-13-6-5-10(17)7-12(13)23-15(25)22-8-9-3-2-4-11(14(9)18)16(19,20)21/h2-7H,8H2,1H3,(H2,22,23,25). The van der Waals surface area contributed by atoms with Gasteiger partial charge in [-0.2, -0.15) is 13.2 Å². The number of ether oxygens (including phenoxy) is 1. The summed E-state index contributed by atoms with van der Waals surface area (Å²) in [4.78, 5) is 0. The molecule has 2 aromatic carbocycles. The third-order valence-electron chi connectivity index (χ3n) is 3.23. The maximum atomic E-state index is 14.0. The highest BCUT2D eigenvalue weighted by Gasteiger charge is 2.34. The number of benzene rings is 2. The summed E-state index contributed by atoms with van der Waals surface area (Å²) in [7, 11) is 1.46. The number of anilines is 1. The lowest BCUT2D eigenvalue weighted by atomic mass is 10.1. The molecule has 0 saturated carbocycles. The summed E-state index contributed by atoms with van der Waals surface area (Å²) in [6.07, 6.45) is -4.76. The molecular weight excluding hydrogens is 380 g/mol. The van der Waals surface area contributed by atoms with E-state index in [1.165, 1.54) is 13.2 Å². The first-order valence-electron chi connectivity index (χ1n) is 6.95. The van der Waals surface area contributed by atoms with E-state index in [0.717, 1.165) is 6.07 Å². The molecule has 2 aromatic rings. The fraction of sp³-hybridized carbons (Fsp3) is 0.188. The molecule has 0 unspecified atom stereocenters. The van der Waals surface area contributed by atoms with Gasteiger partial charge in [-0.05, 0) is 36.5 Å². The summed E-state index contributed by atoms with van der Waals surface area (Å²) >= 11 is 11.0. The van der Waals surface area contributed by atoms with Gasteiger partial charge >= 0.3 is 6.18 Å². The average Bonchev–Trinajstić information content (AvgIpc) is 2.53. The first kappa shape index (κ1) is 19.3. The quantitative estimate of drug-likeness (QED) is 0.567. The fourth-order valence-electron chi connectivity index (χ4n) is 2.06. The summed E-state index contributed by atoms with van der Waals surface area (Å²) in [5.74, 6) is -0.857. The molecule has 0 saturated heterocycles. The average molecular weight is 393 g/mol. The van der Waals surface area contributed by atoms with Crippen LogP contribution in [-0.4, -0.2) is 12.2 Å². The minimum atomic E-state index is -4.76. The van der Waals surface area contributed by atoms with E-state index in [-0.39, 0.29) is 17.2 Å². The second-order valence-electron chi connectivity index (χ2n) is 4.93. The highest BCUT2D eigenvalue weighted by Crippen LogP contribution is 2.32. The van der Waals surface area contributed by atoms with Crippen LogP contribution in [0.4, 0.5) is 23.2 Å². The smallest absolute Gasteiger partial charge is 0.419 e. The van der Waals surface area contributed by atoms with Gasteiger partial charge in [0.2, 0.25) is 0 Å². The molecule has 0 amide bonds. The van der Waals surface area contributed by atoms with E-state index in [0.29, 0.717) is 22.5 Å². The van der Waals surface area contributed by atoms with Gasteiger partial charge in [-0.15, -0.1) is 0 Å². The Hall–Kier alpha value is -2.06. The van der Waals surface area contributed by atoms with E-state index in [4.69, 9.17) is 28.6 Å². The zero-order valence-corrected chi connectivity index (χ0v) is 14.4. The van der Waals surface area contributed by atoms with Crippen molar-refractivity contribution in [2.75, 3.05) is 12.4 Å². The first-order chi connectivity index (χ1) is 11.7. The van der Waals surface area contributed by atoms with Crippen LogP contribution in [0, 0.1) is 5.82 Å². The second kappa shape index (κ2) is 7.88. The van der Waals surface area contributed by atoms with Crippen LogP contribution in [-0.2, 0) is 12.7 Å². The Labute approximate surface area is 151 Å². The fourth-order valence-corrected chi connectivity index (χ4v) is 2.41. The van der Waals surface area contributed by atoms with Crippen molar-refractivity contribution in [1.82, 2.24) is 5.32 Å². The van der Waals surface area contributed by atoms with Crippen LogP contribution in [0.15, 0.2) is 36.4 Å². The molecule has 134 valence electrons. The van der Waals surface area contributed by atoms with Crippen molar-refractivity contribution in [3.05, 3.63) is 58.4 Å². The third-order valence-corrected chi connectivity index (χ3v) is 3.71. The van der Waals surface area contributed by atoms with Crippen LogP contribution >= 0.6 is 23.8 Å². The lowest BCUT2D eigenvalue weighted by molar-refractivity contribution is -0.140. The van der Waals surface area contributed by atoms with Crippen molar-refractivity contribution in [2.24, 2.45) is 0 Å². The van der Waals surface area contributed by atoms with Gasteiger partial charge in [0, 0.05) is 17.1 Å². The molecule has 0 spiro atoms. The lowest BCUT2D eigenvalue weighted by Crippen LogP contribution is -2.28. The predicted octanol–water partition coefficient (Wildman–Crippen LogP) is 4.99. The number of alkyl halides is 3. The molecule has 0 fully saturated rings. The highest BCUT2D eigenvalue weighted by atomic mass is 35.5. The van der Waals surface area contributed by atoms with E-state index in [9.17, 15) is 17.6 Å². The summed E-state index contributed by atoms with van der Waals surface area (Å²) in [5.41, 5.74) is -1.00. The van der Waals surface area contributed by atoms with Gasteiger partial charge < -0.3 is 15.4 Å². The lowest BCUT2D eigenvalue weighted by Gasteiger charge is -2.15. The van der Waals surface area contributed by atoms with Gasteiger partial charge in [0.1, 0.15) is 11.6 Å². The molecule has 9 heteroatoms.